The number of benzene rings is 1. The number of imidazole rings is 1. The van der Waals surface area contributed by atoms with Crippen LogP contribution < -0.4 is 5.32 Å². The van der Waals surface area contributed by atoms with E-state index in [1.165, 1.54) is 12.8 Å². The first-order valence-electron chi connectivity index (χ1n) is 10.7. The summed E-state index contributed by atoms with van der Waals surface area (Å²) < 4.78 is 2.08. The number of aromatic nitrogens is 3. The smallest absolute Gasteiger partial charge is 0.257 e. The number of carbonyl (C=O) groups is 2. The van der Waals surface area contributed by atoms with E-state index in [4.69, 9.17) is 0 Å². The molecule has 0 radical (unpaired) electrons. The maximum atomic E-state index is 12.9. The molecular formula is C23H25N5O2. The molecule has 1 saturated carbocycles. The van der Waals surface area contributed by atoms with E-state index in [0.717, 1.165) is 49.9 Å². The van der Waals surface area contributed by atoms with Crippen molar-refractivity contribution in [3.8, 4) is 0 Å². The Kier molecular flexibility index (Phi) is 4.94. The van der Waals surface area contributed by atoms with E-state index in [-0.39, 0.29) is 11.8 Å². The van der Waals surface area contributed by atoms with Gasteiger partial charge in [-0.1, -0.05) is 18.9 Å². The van der Waals surface area contributed by atoms with Gasteiger partial charge in [-0.2, -0.15) is 0 Å². The minimum Gasteiger partial charge on any atom is -0.339 e. The van der Waals surface area contributed by atoms with Crippen molar-refractivity contribution in [2.45, 2.75) is 44.6 Å². The summed E-state index contributed by atoms with van der Waals surface area (Å²) in [4.78, 5) is 36.4. The van der Waals surface area contributed by atoms with Crippen molar-refractivity contribution in [3.05, 3.63) is 54.0 Å². The summed E-state index contributed by atoms with van der Waals surface area (Å²) in [5, 5.41) is 2.89. The number of anilines is 1. The monoisotopic (exact) mass is 403 g/mol. The number of hydrogen-bond acceptors (Lipinski definition) is 4. The number of fused-ring (bicyclic) bond motifs is 1. The van der Waals surface area contributed by atoms with Crippen LogP contribution in [0.2, 0.25) is 0 Å². The van der Waals surface area contributed by atoms with Crippen LogP contribution in [-0.4, -0.2) is 44.3 Å². The molecule has 2 aromatic heterocycles. The Bertz CT molecular complexity index is 1090. The van der Waals surface area contributed by atoms with Crippen LogP contribution >= 0.6 is 0 Å². The van der Waals surface area contributed by atoms with Crippen molar-refractivity contribution < 1.29 is 9.59 Å². The van der Waals surface area contributed by atoms with E-state index >= 15 is 0 Å². The van der Waals surface area contributed by atoms with Gasteiger partial charge in [0, 0.05) is 36.6 Å². The Morgan fingerprint density at radius 3 is 2.53 bits per heavy atom. The number of hydrogen-bond donors (Lipinski definition) is 1. The zero-order valence-corrected chi connectivity index (χ0v) is 16.9. The predicted octanol–water partition coefficient (Wildman–Crippen LogP) is 4.03. The number of nitrogens with zero attached hydrogens (tertiary/aromatic N) is 4. The lowest BCUT2D eigenvalue weighted by atomic mass is 10.1. The maximum Gasteiger partial charge on any atom is 0.257 e. The third-order valence-corrected chi connectivity index (χ3v) is 5.88. The van der Waals surface area contributed by atoms with Crippen molar-refractivity contribution >= 4 is 28.7 Å². The van der Waals surface area contributed by atoms with Crippen molar-refractivity contribution in [1.29, 1.82) is 0 Å². The molecule has 3 aromatic rings. The van der Waals surface area contributed by atoms with Crippen molar-refractivity contribution in [3.63, 3.8) is 0 Å². The zero-order chi connectivity index (χ0) is 20.5. The lowest BCUT2D eigenvalue weighted by Crippen LogP contribution is -2.31. The maximum absolute atomic E-state index is 12.9. The van der Waals surface area contributed by atoms with Gasteiger partial charge >= 0.3 is 0 Å². The van der Waals surface area contributed by atoms with Crippen LogP contribution in [-0.2, 0) is 0 Å². The highest BCUT2D eigenvalue weighted by atomic mass is 16.2. The lowest BCUT2D eigenvalue weighted by molar-refractivity contribution is 0.0761. The Hall–Kier alpha value is -3.22. The summed E-state index contributed by atoms with van der Waals surface area (Å²) in [6.45, 7) is 1.60. The molecular weight excluding hydrogens is 378 g/mol. The molecule has 2 amide bonds. The average molecular weight is 403 g/mol. The molecule has 1 saturated heterocycles. The molecule has 1 aliphatic heterocycles. The summed E-state index contributed by atoms with van der Waals surface area (Å²) >= 11 is 0. The molecule has 1 aromatic carbocycles. The highest BCUT2D eigenvalue weighted by Crippen LogP contribution is 2.36. The van der Waals surface area contributed by atoms with E-state index in [9.17, 15) is 9.59 Å². The molecule has 1 N–H and O–H groups in total. The fraction of sp³-hybridized carbons (Fsp3) is 0.391. The summed E-state index contributed by atoms with van der Waals surface area (Å²) in [6, 6.07) is 9.42. The van der Waals surface area contributed by atoms with Crippen LogP contribution in [0.25, 0.3) is 11.2 Å². The van der Waals surface area contributed by atoms with Gasteiger partial charge in [0.25, 0.3) is 11.8 Å². The molecule has 7 heteroatoms. The van der Waals surface area contributed by atoms with Gasteiger partial charge in [0.05, 0.1) is 11.9 Å². The molecule has 5 rings (SSSR count). The molecule has 0 atom stereocenters. The second-order valence-electron chi connectivity index (χ2n) is 8.19. The van der Waals surface area contributed by atoms with Crippen LogP contribution in [0.15, 0.2) is 42.9 Å². The highest BCUT2D eigenvalue weighted by molar-refractivity contribution is 6.06. The Morgan fingerprint density at radius 2 is 1.77 bits per heavy atom. The second kappa shape index (κ2) is 7.89. The van der Waals surface area contributed by atoms with Gasteiger partial charge in [-0.05, 0) is 49.9 Å². The fourth-order valence-electron chi connectivity index (χ4n) is 4.05. The Labute approximate surface area is 175 Å². The molecule has 1 aliphatic carbocycles. The van der Waals surface area contributed by atoms with Crippen LogP contribution in [0.4, 0.5) is 5.69 Å². The average Bonchev–Trinajstić information content (AvgIpc) is 3.57. The van der Waals surface area contributed by atoms with Gasteiger partial charge in [-0.15, -0.1) is 0 Å². The van der Waals surface area contributed by atoms with Gasteiger partial charge in [0.15, 0.2) is 5.65 Å². The van der Waals surface area contributed by atoms with E-state index in [1.54, 1.807) is 42.9 Å². The normalized spacial score (nSPS) is 17.0. The third kappa shape index (κ3) is 3.79. The van der Waals surface area contributed by atoms with Gasteiger partial charge in [-0.25, -0.2) is 9.97 Å². The zero-order valence-electron chi connectivity index (χ0n) is 16.9. The Morgan fingerprint density at radius 1 is 0.967 bits per heavy atom. The molecule has 0 spiro atoms. The molecule has 0 bridgehead atoms. The van der Waals surface area contributed by atoms with Gasteiger partial charge < -0.3 is 14.8 Å². The lowest BCUT2D eigenvalue weighted by Gasteiger charge is -2.20. The number of pyridine rings is 1. The molecule has 7 nitrogen and oxygen atoms in total. The van der Waals surface area contributed by atoms with Gasteiger partial charge in [0.2, 0.25) is 0 Å². The second-order valence-corrected chi connectivity index (χ2v) is 8.19. The minimum atomic E-state index is -0.259. The van der Waals surface area contributed by atoms with Crippen LogP contribution in [0.1, 0.15) is 65.3 Å². The summed E-state index contributed by atoms with van der Waals surface area (Å²) in [6.07, 6.45) is 10.2. The molecule has 3 heterocycles. The molecule has 30 heavy (non-hydrogen) atoms. The van der Waals surface area contributed by atoms with Crippen molar-refractivity contribution in [2.24, 2.45) is 0 Å². The quantitative estimate of drug-likeness (QED) is 0.713. The number of likely N-dealkylation sites (tertiary alicyclic amines) is 1. The predicted molar refractivity (Wildman–Crippen MR) is 115 cm³/mol. The topological polar surface area (TPSA) is 80.1 Å². The highest BCUT2D eigenvalue weighted by Gasteiger charge is 2.25. The van der Waals surface area contributed by atoms with Gasteiger partial charge in [0.1, 0.15) is 5.52 Å². The number of carbonyl (C=O) groups excluding carboxylic acids is 2. The first-order chi connectivity index (χ1) is 14.7. The van der Waals surface area contributed by atoms with Crippen molar-refractivity contribution in [1.82, 2.24) is 19.4 Å². The largest absolute Gasteiger partial charge is 0.339 e. The summed E-state index contributed by atoms with van der Waals surface area (Å²) in [7, 11) is 0. The molecule has 2 aliphatic rings. The first kappa shape index (κ1) is 18.8. The van der Waals surface area contributed by atoms with Crippen LogP contribution in [0, 0.1) is 0 Å². The van der Waals surface area contributed by atoms with Crippen LogP contribution in [0.5, 0.6) is 0 Å². The SMILES string of the molecule is O=C(Nc1cccc(C(=O)N2CCCCCC2)c1)c1cnc2c(c1)ncn2C1CC1. The van der Waals surface area contributed by atoms with Crippen LogP contribution in [0.3, 0.4) is 0 Å². The van der Waals surface area contributed by atoms with Gasteiger partial charge in [-0.3, -0.25) is 9.59 Å². The van der Waals surface area contributed by atoms with E-state index in [2.05, 4.69) is 19.9 Å². The fourth-order valence-corrected chi connectivity index (χ4v) is 4.05. The summed E-state index contributed by atoms with van der Waals surface area (Å²) in [5.41, 5.74) is 3.20. The molecule has 0 unspecified atom stereocenters. The van der Waals surface area contributed by atoms with E-state index in [0.29, 0.717) is 22.9 Å². The third-order valence-electron chi connectivity index (χ3n) is 5.88. The first-order valence-corrected chi connectivity index (χ1v) is 10.7. The number of rotatable bonds is 4. The Balaban J connectivity index is 1.31. The van der Waals surface area contributed by atoms with E-state index in [1.807, 2.05) is 4.90 Å². The van der Waals surface area contributed by atoms with Crippen molar-refractivity contribution in [2.75, 3.05) is 18.4 Å². The number of nitrogens with one attached hydrogen (secondary N) is 1. The minimum absolute atomic E-state index is 0.0294. The molecule has 154 valence electrons. The van der Waals surface area contributed by atoms with E-state index < -0.39 is 0 Å². The summed E-state index contributed by atoms with van der Waals surface area (Å²) in [5.74, 6) is -0.230. The number of amides is 2. The standard InChI is InChI=1S/C23H25N5O2/c29-22(17-13-20-21(24-14-17)28(15-25-20)19-8-9-19)26-18-7-5-6-16(12-18)23(30)27-10-3-1-2-4-11-27/h5-7,12-15,19H,1-4,8-11H2,(H,26,29). The molecule has 2 fully saturated rings.